The summed E-state index contributed by atoms with van der Waals surface area (Å²) >= 11 is 3.87. The Hall–Kier alpha value is -1.89. The molecule has 0 heterocycles. The molecule has 0 rings (SSSR count). The Morgan fingerprint density at radius 1 is 0.963 bits per heavy atom. The normalized spacial score (nSPS) is 15.1. The molecule has 12 heteroatoms. The average Bonchev–Trinajstić information content (AvgIpc) is 2.62. The van der Waals surface area contributed by atoms with Gasteiger partial charge in [0.05, 0.1) is 12.6 Å². The van der Waals surface area contributed by atoms with Crippen molar-refractivity contribution in [3.63, 3.8) is 0 Å². The van der Waals surface area contributed by atoms with Gasteiger partial charge in [0.15, 0.2) is 0 Å². The summed E-state index contributed by atoms with van der Waals surface area (Å²) in [5.41, 5.74) is 10.8. The predicted octanol–water partition coefficient (Wildman–Crippen LogP) is -3.08. The SMILES string of the molecule is CC(N)C(=O)NC(CO)C(=O)NC(CCCCN)C(=O)NC(CS)C(=O)O. The Morgan fingerprint density at radius 3 is 1.93 bits per heavy atom. The lowest BCUT2D eigenvalue weighted by Crippen LogP contribution is -2.58. The molecule has 0 spiro atoms. The van der Waals surface area contributed by atoms with Crippen LogP contribution in [0.2, 0.25) is 0 Å². The Labute approximate surface area is 163 Å². The fourth-order valence-electron chi connectivity index (χ4n) is 1.99. The lowest BCUT2D eigenvalue weighted by Gasteiger charge is -2.23. The monoisotopic (exact) mass is 407 g/mol. The van der Waals surface area contributed by atoms with E-state index in [1.165, 1.54) is 6.92 Å². The van der Waals surface area contributed by atoms with Crippen molar-refractivity contribution in [3.8, 4) is 0 Å². The second-order valence-corrected chi connectivity index (χ2v) is 6.33. The van der Waals surface area contributed by atoms with Crippen molar-refractivity contribution in [1.82, 2.24) is 16.0 Å². The maximum atomic E-state index is 12.4. The van der Waals surface area contributed by atoms with Crippen LogP contribution in [0, 0.1) is 0 Å². The molecule has 0 aromatic heterocycles. The summed E-state index contributed by atoms with van der Waals surface area (Å²) in [4.78, 5) is 47.3. The van der Waals surface area contributed by atoms with Crippen LogP contribution in [0.4, 0.5) is 0 Å². The van der Waals surface area contributed by atoms with Crippen molar-refractivity contribution in [2.24, 2.45) is 11.5 Å². The lowest BCUT2D eigenvalue weighted by atomic mass is 10.1. The number of amides is 3. The molecule has 156 valence electrons. The van der Waals surface area contributed by atoms with E-state index in [2.05, 4.69) is 28.6 Å². The summed E-state index contributed by atoms with van der Waals surface area (Å²) in [5, 5.41) is 25.3. The minimum atomic E-state index is -1.30. The Morgan fingerprint density at radius 2 is 1.48 bits per heavy atom. The minimum Gasteiger partial charge on any atom is -0.480 e. The van der Waals surface area contributed by atoms with Crippen molar-refractivity contribution in [2.75, 3.05) is 18.9 Å². The third-order valence-corrected chi connectivity index (χ3v) is 3.97. The standard InChI is InChI=1S/C15H29N5O6S/c1-8(17)12(22)19-10(6-21)14(24)18-9(4-2-3-5-16)13(23)20-11(7-27)15(25)26/h8-11,21,27H,2-7,16-17H2,1H3,(H,18,24)(H,19,22)(H,20,23)(H,25,26). The molecular weight excluding hydrogens is 378 g/mol. The molecule has 27 heavy (non-hydrogen) atoms. The number of nitrogens with one attached hydrogen (secondary N) is 3. The van der Waals surface area contributed by atoms with E-state index in [1.807, 2.05) is 0 Å². The number of aliphatic carboxylic acids is 1. The van der Waals surface area contributed by atoms with E-state index in [9.17, 15) is 24.3 Å². The second-order valence-electron chi connectivity index (χ2n) is 5.96. The largest absolute Gasteiger partial charge is 0.480 e. The third kappa shape index (κ3) is 9.56. The van der Waals surface area contributed by atoms with Crippen LogP contribution >= 0.6 is 12.6 Å². The summed E-state index contributed by atoms with van der Waals surface area (Å²) in [7, 11) is 0. The minimum absolute atomic E-state index is 0.131. The van der Waals surface area contributed by atoms with Crippen LogP contribution in [0.25, 0.3) is 0 Å². The molecule has 0 fully saturated rings. The Kier molecular flexibility index (Phi) is 12.4. The van der Waals surface area contributed by atoms with Gasteiger partial charge in [0.2, 0.25) is 17.7 Å². The van der Waals surface area contributed by atoms with E-state index in [1.54, 1.807) is 0 Å². The Bertz CT molecular complexity index is 519. The number of carboxylic acid groups (broad SMARTS) is 1. The lowest BCUT2D eigenvalue weighted by molar-refractivity contribution is -0.141. The molecule has 4 atom stereocenters. The van der Waals surface area contributed by atoms with Crippen LogP contribution in [0.15, 0.2) is 0 Å². The Balaban J connectivity index is 5.10. The molecular formula is C15H29N5O6S. The maximum Gasteiger partial charge on any atom is 0.327 e. The first-order chi connectivity index (χ1) is 12.7. The van der Waals surface area contributed by atoms with Crippen LogP contribution < -0.4 is 27.4 Å². The van der Waals surface area contributed by atoms with Crippen LogP contribution in [0.3, 0.4) is 0 Å². The van der Waals surface area contributed by atoms with Gasteiger partial charge in [0.25, 0.3) is 0 Å². The summed E-state index contributed by atoms with van der Waals surface area (Å²) in [6.45, 7) is 1.10. The molecule has 3 amide bonds. The fraction of sp³-hybridized carbons (Fsp3) is 0.733. The predicted molar refractivity (Wildman–Crippen MR) is 101 cm³/mol. The second kappa shape index (κ2) is 13.3. The van der Waals surface area contributed by atoms with Crippen LogP contribution in [-0.4, -0.2) is 77.0 Å². The molecule has 0 aliphatic rings. The van der Waals surface area contributed by atoms with Crippen LogP contribution in [0.1, 0.15) is 26.2 Å². The fourth-order valence-corrected chi connectivity index (χ4v) is 2.24. The first-order valence-corrected chi connectivity index (χ1v) is 9.12. The van der Waals surface area contributed by atoms with Crippen LogP contribution in [0.5, 0.6) is 0 Å². The number of carboxylic acids is 1. The van der Waals surface area contributed by atoms with Gasteiger partial charge in [0.1, 0.15) is 18.1 Å². The molecule has 9 N–H and O–H groups in total. The van der Waals surface area contributed by atoms with Gasteiger partial charge in [-0.25, -0.2) is 4.79 Å². The molecule has 0 aliphatic carbocycles. The third-order valence-electron chi connectivity index (χ3n) is 3.61. The van der Waals surface area contributed by atoms with Crippen LogP contribution in [-0.2, 0) is 19.2 Å². The molecule has 0 bridgehead atoms. The van der Waals surface area contributed by atoms with E-state index in [4.69, 9.17) is 16.6 Å². The van der Waals surface area contributed by atoms with Gasteiger partial charge in [-0.05, 0) is 32.7 Å². The number of thiol groups is 1. The van der Waals surface area contributed by atoms with Gasteiger partial charge in [-0.1, -0.05) is 0 Å². The first-order valence-electron chi connectivity index (χ1n) is 8.49. The maximum absolute atomic E-state index is 12.4. The topological polar surface area (TPSA) is 197 Å². The van der Waals surface area contributed by atoms with Gasteiger partial charge in [-0.15, -0.1) is 0 Å². The molecule has 0 aromatic carbocycles. The highest BCUT2D eigenvalue weighted by atomic mass is 32.1. The molecule has 0 saturated carbocycles. The number of nitrogens with two attached hydrogens (primary N) is 2. The van der Waals surface area contributed by atoms with Gasteiger partial charge in [-0.3, -0.25) is 14.4 Å². The van der Waals surface area contributed by atoms with E-state index in [0.29, 0.717) is 19.4 Å². The number of carbonyl (C=O) groups excluding carboxylic acids is 3. The average molecular weight is 407 g/mol. The van der Waals surface area contributed by atoms with Crippen molar-refractivity contribution in [3.05, 3.63) is 0 Å². The number of hydrogen-bond acceptors (Lipinski definition) is 8. The first kappa shape index (κ1) is 25.1. The zero-order valence-electron chi connectivity index (χ0n) is 15.2. The summed E-state index contributed by atoms with van der Waals surface area (Å²) < 4.78 is 0. The smallest absolute Gasteiger partial charge is 0.327 e. The zero-order chi connectivity index (χ0) is 21.0. The van der Waals surface area contributed by atoms with E-state index in [0.717, 1.165) is 0 Å². The van der Waals surface area contributed by atoms with Crippen molar-refractivity contribution in [1.29, 1.82) is 0 Å². The highest BCUT2D eigenvalue weighted by molar-refractivity contribution is 7.80. The number of unbranched alkanes of at least 4 members (excludes halogenated alkanes) is 1. The molecule has 0 radical (unpaired) electrons. The van der Waals surface area contributed by atoms with E-state index in [-0.39, 0.29) is 12.2 Å². The van der Waals surface area contributed by atoms with Crippen molar-refractivity contribution < 1.29 is 29.4 Å². The number of carbonyl (C=O) groups is 4. The number of rotatable bonds is 13. The molecule has 0 aromatic rings. The van der Waals surface area contributed by atoms with Gasteiger partial charge in [-0.2, -0.15) is 12.6 Å². The van der Waals surface area contributed by atoms with Gasteiger partial charge >= 0.3 is 5.97 Å². The van der Waals surface area contributed by atoms with Crippen molar-refractivity contribution >= 4 is 36.3 Å². The highest BCUT2D eigenvalue weighted by Crippen LogP contribution is 2.03. The molecule has 0 saturated heterocycles. The summed E-state index contributed by atoms with van der Waals surface area (Å²) in [6.07, 6.45) is 1.30. The molecule has 11 nitrogen and oxygen atoms in total. The van der Waals surface area contributed by atoms with Crippen molar-refractivity contribution in [2.45, 2.75) is 50.4 Å². The summed E-state index contributed by atoms with van der Waals surface area (Å²) in [6, 6.07) is -4.47. The summed E-state index contributed by atoms with van der Waals surface area (Å²) in [5.74, 6) is -3.54. The molecule has 0 aliphatic heterocycles. The van der Waals surface area contributed by atoms with Gasteiger partial charge in [0, 0.05) is 5.75 Å². The van der Waals surface area contributed by atoms with Gasteiger partial charge < -0.3 is 37.6 Å². The molecule has 4 unspecified atom stereocenters. The zero-order valence-corrected chi connectivity index (χ0v) is 16.1. The van der Waals surface area contributed by atoms with E-state index < -0.39 is 54.5 Å². The highest BCUT2D eigenvalue weighted by Gasteiger charge is 2.29. The number of aliphatic hydroxyl groups excluding tert-OH is 1. The number of hydrogen-bond donors (Lipinski definition) is 8. The quantitative estimate of drug-likeness (QED) is 0.116. The van der Waals surface area contributed by atoms with E-state index >= 15 is 0 Å². The number of aliphatic hydroxyl groups is 1.